The highest BCUT2D eigenvalue weighted by Gasteiger charge is 2.24. The zero-order valence-corrected chi connectivity index (χ0v) is 33.1. The maximum absolute atomic E-state index is 6.65. The number of rotatable bonds is 5. The highest BCUT2D eigenvalue weighted by atomic mass is 32.1. The molecule has 0 saturated heterocycles. The van der Waals surface area contributed by atoms with Crippen LogP contribution >= 0.6 is 11.3 Å². The van der Waals surface area contributed by atoms with E-state index in [0.29, 0.717) is 5.84 Å². The van der Waals surface area contributed by atoms with Crippen LogP contribution in [0.1, 0.15) is 23.1 Å². The first-order valence-electron chi connectivity index (χ1n) is 20.2. The number of fused-ring (bicyclic) bond motifs is 11. The van der Waals surface area contributed by atoms with Crippen molar-refractivity contribution in [1.82, 2.24) is 0 Å². The summed E-state index contributed by atoms with van der Waals surface area (Å²) < 4.78 is 15.6. The molecule has 11 aromatic rings. The summed E-state index contributed by atoms with van der Waals surface area (Å²) in [4.78, 5) is 5.45. The molecule has 0 bridgehead atoms. The molecular weight excluding hydrogens is 755 g/mol. The number of hydrogen-bond acceptors (Lipinski definition) is 5. The number of para-hydroxylation sites is 1. The van der Waals surface area contributed by atoms with E-state index in [1.54, 1.807) is 0 Å². The Morgan fingerprint density at radius 1 is 0.583 bits per heavy atom. The van der Waals surface area contributed by atoms with Crippen LogP contribution in [0, 0.1) is 5.92 Å². The Bertz CT molecular complexity index is 3660. The molecular formula is C54H35N3O2S. The first-order chi connectivity index (χ1) is 29.7. The summed E-state index contributed by atoms with van der Waals surface area (Å²) in [5, 5.41) is 13.5. The van der Waals surface area contributed by atoms with Crippen LogP contribution in [0.5, 0.6) is 0 Å². The summed E-state index contributed by atoms with van der Waals surface area (Å²) in [6.07, 6.45) is 7.50. The Labute approximate surface area is 348 Å². The van der Waals surface area contributed by atoms with E-state index < -0.39 is 0 Å². The predicted molar refractivity (Wildman–Crippen MR) is 252 cm³/mol. The number of furan rings is 2. The highest BCUT2D eigenvalue weighted by molar-refractivity contribution is 7.26. The normalized spacial score (nSPS) is 15.1. The van der Waals surface area contributed by atoms with Crippen LogP contribution in [0.3, 0.4) is 0 Å². The van der Waals surface area contributed by atoms with Gasteiger partial charge in [-0.05, 0) is 75.9 Å². The Hall–Kier alpha value is -7.54. The quantitative estimate of drug-likeness (QED) is 0.0816. The van der Waals surface area contributed by atoms with Crippen molar-refractivity contribution in [2.45, 2.75) is 6.42 Å². The van der Waals surface area contributed by atoms with Crippen molar-refractivity contribution in [2.75, 3.05) is 0 Å². The number of aliphatic imine (C=N–C) groups is 1. The lowest BCUT2D eigenvalue weighted by molar-refractivity contribution is 0.668. The van der Waals surface area contributed by atoms with E-state index in [1.165, 1.54) is 42.1 Å². The standard InChI is InChI=1S/C54H35N3O2S/c55-57-54(56-52(35-25-23-33(24-26-35)32-11-2-1-3-12-32)36-28-29-39-38-15-6-7-19-44(38)58-47(39)31-36)43-18-9-21-46-51(43)50-41(16-8-20-45(50)59-46)40-17-10-22-48-49(40)42-30-27-34-13-4-5-14-37(34)53(42)60-48/h1-25,27-31,35H,26,55H2/b56-52-,57-54-. The number of allylic oxidation sites excluding steroid dienone is 4. The summed E-state index contributed by atoms with van der Waals surface area (Å²) in [6.45, 7) is 0. The van der Waals surface area contributed by atoms with Gasteiger partial charge in [-0.25, -0.2) is 4.99 Å². The molecule has 6 heteroatoms. The van der Waals surface area contributed by atoms with E-state index in [9.17, 15) is 0 Å². The van der Waals surface area contributed by atoms with Crippen LogP contribution in [0.2, 0.25) is 0 Å². The fourth-order valence-electron chi connectivity index (χ4n) is 9.24. The van der Waals surface area contributed by atoms with Crippen molar-refractivity contribution in [2.24, 2.45) is 21.9 Å². The number of amidine groups is 1. The molecule has 0 amide bonds. The molecule has 5 nitrogen and oxygen atoms in total. The third-order valence-corrected chi connectivity index (χ3v) is 13.2. The maximum atomic E-state index is 6.65. The van der Waals surface area contributed by atoms with Gasteiger partial charge in [0.2, 0.25) is 0 Å². The van der Waals surface area contributed by atoms with Crippen molar-refractivity contribution in [3.63, 3.8) is 0 Å². The number of hydrazone groups is 1. The van der Waals surface area contributed by atoms with Gasteiger partial charge in [0.05, 0.1) is 5.71 Å². The zero-order chi connectivity index (χ0) is 39.7. The molecule has 0 saturated carbocycles. The van der Waals surface area contributed by atoms with E-state index in [2.05, 4.69) is 145 Å². The summed E-state index contributed by atoms with van der Waals surface area (Å²) >= 11 is 1.85. The van der Waals surface area contributed by atoms with Crippen molar-refractivity contribution in [1.29, 1.82) is 0 Å². The van der Waals surface area contributed by atoms with Crippen LogP contribution in [-0.2, 0) is 0 Å². The van der Waals surface area contributed by atoms with E-state index in [1.807, 2.05) is 53.8 Å². The topological polar surface area (TPSA) is 77.0 Å². The van der Waals surface area contributed by atoms with Gasteiger partial charge in [-0.1, -0.05) is 146 Å². The van der Waals surface area contributed by atoms with Gasteiger partial charge in [0.15, 0.2) is 5.84 Å². The first-order valence-corrected chi connectivity index (χ1v) is 21.0. The minimum Gasteiger partial charge on any atom is -0.456 e. The summed E-state index contributed by atoms with van der Waals surface area (Å²) in [5.74, 6) is 6.80. The molecule has 0 spiro atoms. The number of nitrogens with zero attached hydrogens (tertiary/aromatic N) is 2. The van der Waals surface area contributed by atoms with Crippen molar-refractivity contribution in [3.05, 3.63) is 199 Å². The first kappa shape index (κ1) is 34.5. The third-order valence-electron chi connectivity index (χ3n) is 12.0. The van der Waals surface area contributed by atoms with Gasteiger partial charge in [-0.2, -0.15) is 5.10 Å². The Morgan fingerprint density at radius 3 is 2.13 bits per heavy atom. The lowest BCUT2D eigenvalue weighted by Gasteiger charge is -2.20. The average Bonchev–Trinajstić information content (AvgIpc) is 4.01. The fraction of sp³-hybridized carbons (Fsp3) is 0.0370. The maximum Gasteiger partial charge on any atom is 0.179 e. The van der Waals surface area contributed by atoms with Crippen molar-refractivity contribution < 1.29 is 8.83 Å². The third kappa shape index (κ3) is 5.45. The fourth-order valence-corrected chi connectivity index (χ4v) is 10.5. The van der Waals surface area contributed by atoms with E-state index >= 15 is 0 Å². The molecule has 1 aliphatic rings. The van der Waals surface area contributed by atoms with E-state index in [0.717, 1.165) is 78.3 Å². The Kier molecular flexibility index (Phi) is 7.93. The second-order valence-electron chi connectivity index (χ2n) is 15.4. The van der Waals surface area contributed by atoms with Gasteiger partial charge >= 0.3 is 0 Å². The van der Waals surface area contributed by atoms with Crippen LogP contribution in [0.15, 0.2) is 201 Å². The molecule has 2 N–H and O–H groups in total. The molecule has 1 atom stereocenters. The van der Waals surface area contributed by atoms with Gasteiger partial charge in [0.25, 0.3) is 0 Å². The highest BCUT2D eigenvalue weighted by Crippen LogP contribution is 2.46. The molecule has 3 aromatic heterocycles. The van der Waals surface area contributed by atoms with Gasteiger partial charge in [-0.15, -0.1) is 11.3 Å². The predicted octanol–water partition coefficient (Wildman–Crippen LogP) is 14.4. The molecule has 12 rings (SSSR count). The second kappa shape index (κ2) is 13.8. The summed E-state index contributed by atoms with van der Waals surface area (Å²) in [7, 11) is 0. The van der Waals surface area contributed by atoms with Gasteiger partial charge < -0.3 is 14.7 Å². The van der Waals surface area contributed by atoms with Crippen molar-refractivity contribution >= 4 is 103 Å². The average molecular weight is 790 g/mol. The molecule has 0 fully saturated rings. The number of hydrogen-bond donors (Lipinski definition) is 1. The minimum atomic E-state index is -0.0487. The van der Waals surface area contributed by atoms with E-state index in [4.69, 9.17) is 19.7 Å². The largest absolute Gasteiger partial charge is 0.456 e. The van der Waals surface area contributed by atoms with Crippen LogP contribution < -0.4 is 5.84 Å². The Balaban J connectivity index is 1.05. The number of benzene rings is 8. The minimum absolute atomic E-state index is 0.0487. The molecule has 60 heavy (non-hydrogen) atoms. The lowest BCUT2D eigenvalue weighted by Crippen LogP contribution is -2.18. The zero-order valence-electron chi connectivity index (χ0n) is 32.3. The molecule has 1 aliphatic carbocycles. The summed E-state index contributed by atoms with van der Waals surface area (Å²) in [5.41, 5.74) is 10.4. The van der Waals surface area contributed by atoms with Gasteiger partial charge in [0.1, 0.15) is 22.3 Å². The van der Waals surface area contributed by atoms with Crippen LogP contribution in [-0.4, -0.2) is 11.5 Å². The van der Waals surface area contributed by atoms with Crippen molar-refractivity contribution in [3.8, 4) is 11.1 Å². The Morgan fingerprint density at radius 2 is 1.28 bits per heavy atom. The van der Waals surface area contributed by atoms with Crippen LogP contribution in [0.4, 0.5) is 0 Å². The molecule has 0 aliphatic heterocycles. The second-order valence-corrected chi connectivity index (χ2v) is 16.4. The molecule has 8 aromatic carbocycles. The monoisotopic (exact) mass is 789 g/mol. The van der Waals surface area contributed by atoms with E-state index in [-0.39, 0.29) is 5.92 Å². The van der Waals surface area contributed by atoms with Gasteiger partial charge in [0, 0.05) is 58.8 Å². The van der Waals surface area contributed by atoms with Gasteiger partial charge in [-0.3, -0.25) is 0 Å². The lowest BCUT2D eigenvalue weighted by atomic mass is 9.87. The number of nitrogens with two attached hydrogens (primary N) is 1. The smallest absolute Gasteiger partial charge is 0.179 e. The molecule has 0 radical (unpaired) electrons. The van der Waals surface area contributed by atoms with Crippen LogP contribution in [0.25, 0.3) is 91.5 Å². The molecule has 3 heterocycles. The number of thiophene rings is 1. The molecule has 1 unspecified atom stereocenters. The SMILES string of the molecule is N/N=C(\N=C(/c1ccc2c(c1)oc1ccccc12)C1C=CC(c2ccccc2)=CC1)c1cccc2oc3cccc(-c4cccc5sc6c7ccccc7ccc6c45)c3c12. The molecule has 284 valence electrons. The summed E-state index contributed by atoms with van der Waals surface area (Å²) in [6, 6.07) is 57.2.